The highest BCUT2D eigenvalue weighted by atomic mass is 35.5. The minimum absolute atomic E-state index is 0. The summed E-state index contributed by atoms with van der Waals surface area (Å²) < 4.78 is 4.10. The molecule has 21 heavy (non-hydrogen) atoms. The summed E-state index contributed by atoms with van der Waals surface area (Å²) in [4.78, 5) is 0. The number of nitrogens with zero attached hydrogens (tertiary/aromatic N) is 4. The van der Waals surface area contributed by atoms with Gasteiger partial charge in [-0.1, -0.05) is 12.8 Å². The second-order valence-electron chi connectivity index (χ2n) is 5.64. The average Bonchev–Trinajstić information content (AvgIpc) is 3.17. The van der Waals surface area contributed by atoms with Crippen molar-refractivity contribution in [2.24, 2.45) is 0 Å². The van der Waals surface area contributed by atoms with Crippen LogP contribution in [0.2, 0.25) is 0 Å². The summed E-state index contributed by atoms with van der Waals surface area (Å²) >= 11 is 0. The van der Waals surface area contributed by atoms with Gasteiger partial charge >= 0.3 is 0 Å². The molecule has 116 valence electrons. The molecule has 0 saturated heterocycles. The van der Waals surface area contributed by atoms with Crippen molar-refractivity contribution < 1.29 is 0 Å². The van der Waals surface area contributed by atoms with Gasteiger partial charge in [0.1, 0.15) is 0 Å². The Labute approximate surface area is 132 Å². The van der Waals surface area contributed by atoms with Gasteiger partial charge in [0.05, 0.1) is 12.2 Å². The van der Waals surface area contributed by atoms with Crippen LogP contribution >= 0.6 is 12.4 Å². The topological polar surface area (TPSA) is 47.7 Å². The van der Waals surface area contributed by atoms with E-state index in [9.17, 15) is 0 Å². The van der Waals surface area contributed by atoms with E-state index in [1.54, 1.807) is 0 Å². The largest absolute Gasteiger partial charge is 0.364 e. The molecule has 0 spiro atoms. The molecule has 0 aliphatic heterocycles. The summed E-state index contributed by atoms with van der Waals surface area (Å²) in [6.45, 7) is 5.88. The summed E-state index contributed by atoms with van der Waals surface area (Å²) in [5.41, 5.74) is 2.41. The first-order chi connectivity index (χ1) is 9.76. The maximum Gasteiger partial charge on any atom is 0.151 e. The van der Waals surface area contributed by atoms with E-state index in [1.807, 2.05) is 10.9 Å². The zero-order valence-corrected chi connectivity index (χ0v) is 13.6. The summed E-state index contributed by atoms with van der Waals surface area (Å²) in [7, 11) is 0. The fraction of sp³-hybridized carbons (Fsp3) is 0.600. The SMILES string of the molecule is CCn1cc(C)c(NCc2cnn(C3CCCC3)c2)n1.Cl. The van der Waals surface area contributed by atoms with Crippen molar-refractivity contribution >= 4 is 18.2 Å². The fourth-order valence-corrected chi connectivity index (χ4v) is 2.88. The standard InChI is InChI=1S/C15H23N5.ClH/c1-3-19-10-12(2)15(18-19)16-8-13-9-17-20(11-13)14-6-4-5-7-14;/h9-11,14H,3-8H2,1-2H3,(H,16,18);1H. The Bertz CT molecular complexity index is 568. The molecule has 0 aromatic carbocycles. The van der Waals surface area contributed by atoms with Crippen molar-refractivity contribution in [1.29, 1.82) is 0 Å². The van der Waals surface area contributed by atoms with E-state index in [-0.39, 0.29) is 12.4 Å². The van der Waals surface area contributed by atoms with Gasteiger partial charge in [-0.2, -0.15) is 10.2 Å². The quantitative estimate of drug-likeness (QED) is 0.918. The van der Waals surface area contributed by atoms with Crippen LogP contribution in [0.3, 0.4) is 0 Å². The molecule has 2 heterocycles. The number of hydrogen-bond donors (Lipinski definition) is 1. The van der Waals surface area contributed by atoms with E-state index in [0.717, 1.165) is 18.9 Å². The molecule has 1 aliphatic carbocycles. The Morgan fingerprint density at radius 1 is 1.29 bits per heavy atom. The van der Waals surface area contributed by atoms with Crippen LogP contribution in [0.15, 0.2) is 18.6 Å². The summed E-state index contributed by atoms with van der Waals surface area (Å²) in [6, 6.07) is 0.616. The maximum atomic E-state index is 4.51. The van der Waals surface area contributed by atoms with Crippen LogP contribution in [-0.2, 0) is 13.1 Å². The number of anilines is 1. The van der Waals surface area contributed by atoms with Crippen LogP contribution in [0.25, 0.3) is 0 Å². The fourth-order valence-electron chi connectivity index (χ4n) is 2.88. The molecule has 3 rings (SSSR count). The van der Waals surface area contributed by atoms with E-state index in [1.165, 1.54) is 36.8 Å². The molecule has 0 atom stereocenters. The van der Waals surface area contributed by atoms with Crippen molar-refractivity contribution in [3.8, 4) is 0 Å². The minimum Gasteiger partial charge on any atom is -0.364 e. The summed E-state index contributed by atoms with van der Waals surface area (Å²) in [6.07, 6.45) is 11.4. The van der Waals surface area contributed by atoms with Gasteiger partial charge in [-0.05, 0) is 26.7 Å². The van der Waals surface area contributed by atoms with Crippen molar-refractivity contribution in [3.05, 3.63) is 29.7 Å². The highest BCUT2D eigenvalue weighted by Crippen LogP contribution is 2.28. The van der Waals surface area contributed by atoms with Crippen LogP contribution < -0.4 is 5.32 Å². The molecule has 1 aliphatic rings. The Morgan fingerprint density at radius 2 is 2.05 bits per heavy atom. The van der Waals surface area contributed by atoms with Gasteiger partial charge in [0.25, 0.3) is 0 Å². The van der Waals surface area contributed by atoms with Crippen LogP contribution in [0, 0.1) is 6.92 Å². The molecular formula is C15H24ClN5. The summed E-state index contributed by atoms with van der Waals surface area (Å²) in [5.74, 6) is 0.973. The zero-order valence-electron chi connectivity index (χ0n) is 12.7. The lowest BCUT2D eigenvalue weighted by Gasteiger charge is -2.08. The van der Waals surface area contributed by atoms with Gasteiger partial charge in [0.15, 0.2) is 5.82 Å². The molecular weight excluding hydrogens is 286 g/mol. The first kappa shape index (κ1) is 15.9. The Morgan fingerprint density at radius 3 is 2.71 bits per heavy atom. The average molecular weight is 310 g/mol. The van der Waals surface area contributed by atoms with Crippen molar-refractivity contribution in [2.75, 3.05) is 5.32 Å². The number of aromatic nitrogens is 4. The Balaban J connectivity index is 0.00000161. The second-order valence-corrected chi connectivity index (χ2v) is 5.64. The van der Waals surface area contributed by atoms with Gasteiger partial charge in [-0.3, -0.25) is 9.36 Å². The first-order valence-corrected chi connectivity index (χ1v) is 7.57. The van der Waals surface area contributed by atoms with Gasteiger partial charge < -0.3 is 5.32 Å². The van der Waals surface area contributed by atoms with E-state index < -0.39 is 0 Å². The lowest BCUT2D eigenvalue weighted by atomic mass is 10.2. The molecule has 1 N–H and O–H groups in total. The molecule has 5 nitrogen and oxygen atoms in total. The van der Waals surface area contributed by atoms with E-state index in [4.69, 9.17) is 0 Å². The minimum atomic E-state index is 0. The highest BCUT2D eigenvalue weighted by molar-refractivity contribution is 5.85. The normalized spacial score (nSPS) is 15.1. The van der Waals surface area contributed by atoms with Gasteiger partial charge in [0, 0.05) is 36.6 Å². The molecule has 0 bridgehead atoms. The third-order valence-corrected chi connectivity index (χ3v) is 4.08. The van der Waals surface area contributed by atoms with Crippen molar-refractivity contribution in [3.63, 3.8) is 0 Å². The molecule has 6 heteroatoms. The third-order valence-electron chi connectivity index (χ3n) is 4.08. The van der Waals surface area contributed by atoms with Gasteiger partial charge in [-0.25, -0.2) is 0 Å². The van der Waals surface area contributed by atoms with Crippen LogP contribution in [-0.4, -0.2) is 19.6 Å². The second kappa shape index (κ2) is 6.98. The molecule has 2 aromatic rings. The van der Waals surface area contributed by atoms with E-state index in [2.05, 4.69) is 46.4 Å². The molecule has 0 amide bonds. The lowest BCUT2D eigenvalue weighted by molar-refractivity contribution is 0.466. The number of nitrogens with one attached hydrogen (secondary N) is 1. The highest BCUT2D eigenvalue weighted by Gasteiger charge is 2.17. The summed E-state index contributed by atoms with van der Waals surface area (Å²) in [5, 5.41) is 12.4. The van der Waals surface area contributed by atoms with E-state index >= 15 is 0 Å². The number of rotatable bonds is 5. The van der Waals surface area contributed by atoms with Gasteiger partial charge in [-0.15, -0.1) is 12.4 Å². The predicted octanol–water partition coefficient (Wildman–Crippen LogP) is 3.56. The smallest absolute Gasteiger partial charge is 0.151 e. The lowest BCUT2D eigenvalue weighted by Crippen LogP contribution is -2.05. The number of halogens is 1. The monoisotopic (exact) mass is 309 g/mol. The maximum absolute atomic E-state index is 4.51. The molecule has 0 unspecified atom stereocenters. The van der Waals surface area contributed by atoms with E-state index in [0.29, 0.717) is 6.04 Å². The number of hydrogen-bond acceptors (Lipinski definition) is 3. The number of aryl methyl sites for hydroxylation is 2. The molecule has 2 aromatic heterocycles. The Hall–Kier alpha value is -1.49. The Kier molecular flexibility index (Phi) is 5.28. The third kappa shape index (κ3) is 3.59. The van der Waals surface area contributed by atoms with Crippen LogP contribution in [0.5, 0.6) is 0 Å². The van der Waals surface area contributed by atoms with Gasteiger partial charge in [0.2, 0.25) is 0 Å². The molecule has 1 saturated carbocycles. The molecule has 1 fully saturated rings. The van der Waals surface area contributed by atoms with Crippen LogP contribution in [0.4, 0.5) is 5.82 Å². The zero-order chi connectivity index (χ0) is 13.9. The van der Waals surface area contributed by atoms with Crippen molar-refractivity contribution in [1.82, 2.24) is 19.6 Å². The first-order valence-electron chi connectivity index (χ1n) is 7.57. The predicted molar refractivity (Wildman–Crippen MR) is 86.9 cm³/mol. The van der Waals surface area contributed by atoms with Crippen LogP contribution in [0.1, 0.15) is 49.8 Å². The van der Waals surface area contributed by atoms with Crippen molar-refractivity contribution in [2.45, 2.75) is 58.7 Å². The molecule has 0 radical (unpaired) electrons.